The molecule has 0 aliphatic heterocycles. The van der Waals surface area contributed by atoms with Gasteiger partial charge in [0.1, 0.15) is 0 Å². The molecule has 1 N–H and O–H groups in total. The monoisotopic (exact) mass is 267 g/mol. The lowest BCUT2D eigenvalue weighted by molar-refractivity contribution is 0.00695. The Morgan fingerprint density at radius 2 is 1.83 bits per heavy atom. The van der Waals surface area contributed by atoms with Crippen LogP contribution in [0.3, 0.4) is 0 Å². The summed E-state index contributed by atoms with van der Waals surface area (Å²) < 4.78 is 0. The molecule has 1 atom stereocenters. The highest BCUT2D eigenvalue weighted by molar-refractivity contribution is 6.30. The molecule has 2 nitrogen and oxygen atoms in total. The molecule has 1 aromatic rings. The molecule has 0 amide bonds. The summed E-state index contributed by atoms with van der Waals surface area (Å²) in [5.41, 5.74) is 0.763. The van der Waals surface area contributed by atoms with E-state index in [1.54, 1.807) is 0 Å². The van der Waals surface area contributed by atoms with E-state index in [9.17, 15) is 5.11 Å². The zero-order valence-corrected chi connectivity index (χ0v) is 12.0. The number of aliphatic hydroxyl groups is 1. The van der Waals surface area contributed by atoms with Gasteiger partial charge >= 0.3 is 0 Å². The maximum absolute atomic E-state index is 10.4. The first kappa shape index (κ1) is 13.9. The maximum Gasteiger partial charge on any atom is 0.0774 e. The minimum absolute atomic E-state index is 0.298. The lowest BCUT2D eigenvalue weighted by atomic mass is 10.00. The molecular formula is C15H22ClNO. The summed E-state index contributed by atoms with van der Waals surface area (Å²) in [5.74, 6) is 0. The Bertz CT molecular complexity index is 384. The Kier molecular flexibility index (Phi) is 4.31. The Morgan fingerprint density at radius 1 is 1.28 bits per heavy atom. The van der Waals surface area contributed by atoms with Gasteiger partial charge in [-0.05, 0) is 44.5 Å². The second kappa shape index (κ2) is 5.60. The SMILES string of the molecule is CC(c1ccc(Cl)cc1)N(C)CC1(O)CCCC1. The summed E-state index contributed by atoms with van der Waals surface area (Å²) in [6.45, 7) is 2.92. The minimum atomic E-state index is -0.477. The molecule has 100 valence electrons. The Labute approximate surface area is 115 Å². The van der Waals surface area contributed by atoms with E-state index in [2.05, 4.69) is 31.0 Å². The molecule has 1 fully saturated rings. The van der Waals surface area contributed by atoms with Crippen LogP contribution in [0.4, 0.5) is 0 Å². The van der Waals surface area contributed by atoms with E-state index in [-0.39, 0.29) is 0 Å². The van der Waals surface area contributed by atoms with Crippen LogP contribution in [0, 0.1) is 0 Å². The molecule has 3 heteroatoms. The van der Waals surface area contributed by atoms with E-state index < -0.39 is 5.60 Å². The first-order chi connectivity index (χ1) is 8.50. The fourth-order valence-corrected chi connectivity index (χ4v) is 2.91. The van der Waals surface area contributed by atoms with Crippen molar-refractivity contribution in [2.45, 2.75) is 44.2 Å². The third-order valence-electron chi connectivity index (χ3n) is 4.09. The van der Waals surface area contributed by atoms with Crippen LogP contribution in [0.15, 0.2) is 24.3 Å². The third-order valence-corrected chi connectivity index (χ3v) is 4.34. The summed E-state index contributed by atoms with van der Waals surface area (Å²) in [7, 11) is 2.08. The number of likely N-dealkylation sites (N-methyl/N-ethyl adjacent to an activating group) is 1. The summed E-state index contributed by atoms with van der Waals surface area (Å²) in [6, 6.07) is 8.26. The van der Waals surface area contributed by atoms with Crippen molar-refractivity contribution in [1.82, 2.24) is 4.90 Å². The zero-order valence-electron chi connectivity index (χ0n) is 11.2. The van der Waals surface area contributed by atoms with Crippen molar-refractivity contribution in [2.24, 2.45) is 0 Å². The molecule has 1 aliphatic carbocycles. The predicted octanol–water partition coefficient (Wildman–Crippen LogP) is 3.64. The van der Waals surface area contributed by atoms with Crippen LogP contribution in [-0.4, -0.2) is 29.2 Å². The van der Waals surface area contributed by atoms with E-state index in [1.165, 1.54) is 5.56 Å². The van der Waals surface area contributed by atoms with Gasteiger partial charge in [-0.2, -0.15) is 0 Å². The maximum atomic E-state index is 10.4. The molecule has 0 heterocycles. The van der Waals surface area contributed by atoms with Crippen LogP contribution >= 0.6 is 11.6 Å². The normalized spacial score (nSPS) is 20.3. The molecule has 1 aliphatic rings. The summed E-state index contributed by atoms with van der Waals surface area (Å²) >= 11 is 5.90. The number of hydrogen-bond donors (Lipinski definition) is 1. The van der Waals surface area contributed by atoms with Crippen molar-refractivity contribution in [3.05, 3.63) is 34.9 Å². The molecule has 0 aromatic heterocycles. The van der Waals surface area contributed by atoms with E-state index in [0.717, 1.165) is 37.3 Å². The van der Waals surface area contributed by atoms with Crippen molar-refractivity contribution in [3.63, 3.8) is 0 Å². The fourth-order valence-electron chi connectivity index (χ4n) is 2.79. The van der Waals surface area contributed by atoms with Crippen LogP contribution in [0.1, 0.15) is 44.2 Å². The minimum Gasteiger partial charge on any atom is -0.389 e. The lowest BCUT2D eigenvalue weighted by Gasteiger charge is -2.32. The number of hydrogen-bond acceptors (Lipinski definition) is 2. The van der Waals surface area contributed by atoms with Crippen molar-refractivity contribution >= 4 is 11.6 Å². The van der Waals surface area contributed by atoms with Crippen LogP contribution in [0.5, 0.6) is 0 Å². The quantitative estimate of drug-likeness (QED) is 0.900. The van der Waals surface area contributed by atoms with Crippen LogP contribution in [-0.2, 0) is 0 Å². The largest absolute Gasteiger partial charge is 0.389 e. The zero-order chi connectivity index (χ0) is 13.2. The second-order valence-electron chi connectivity index (χ2n) is 5.57. The summed E-state index contributed by atoms with van der Waals surface area (Å²) in [4.78, 5) is 2.23. The van der Waals surface area contributed by atoms with Crippen LogP contribution < -0.4 is 0 Å². The van der Waals surface area contributed by atoms with Crippen LogP contribution in [0.25, 0.3) is 0 Å². The molecule has 18 heavy (non-hydrogen) atoms. The third kappa shape index (κ3) is 3.25. The van der Waals surface area contributed by atoms with Crippen molar-refractivity contribution in [1.29, 1.82) is 0 Å². The number of rotatable bonds is 4. The van der Waals surface area contributed by atoms with Gasteiger partial charge in [0.25, 0.3) is 0 Å². The van der Waals surface area contributed by atoms with Crippen molar-refractivity contribution in [3.8, 4) is 0 Å². The molecule has 1 unspecified atom stereocenters. The molecule has 2 rings (SSSR count). The average Bonchev–Trinajstić information content (AvgIpc) is 2.76. The highest BCUT2D eigenvalue weighted by Crippen LogP contribution is 2.32. The molecule has 1 aromatic carbocycles. The van der Waals surface area contributed by atoms with Gasteiger partial charge in [-0.15, -0.1) is 0 Å². The number of benzene rings is 1. The van der Waals surface area contributed by atoms with Gasteiger partial charge in [-0.1, -0.05) is 36.6 Å². The molecule has 0 radical (unpaired) electrons. The fraction of sp³-hybridized carbons (Fsp3) is 0.600. The highest BCUT2D eigenvalue weighted by Gasteiger charge is 2.33. The first-order valence-electron chi connectivity index (χ1n) is 6.68. The second-order valence-corrected chi connectivity index (χ2v) is 6.01. The van der Waals surface area contributed by atoms with Gasteiger partial charge in [-0.3, -0.25) is 4.90 Å². The molecule has 1 saturated carbocycles. The molecule has 0 bridgehead atoms. The summed E-state index contributed by atoms with van der Waals surface area (Å²) in [6.07, 6.45) is 4.18. The summed E-state index contributed by atoms with van der Waals surface area (Å²) in [5, 5.41) is 11.2. The Balaban J connectivity index is 1.99. The standard InChI is InChI=1S/C15H22ClNO/c1-12(13-5-7-14(16)8-6-13)17(2)11-15(18)9-3-4-10-15/h5-8,12,18H,3-4,9-11H2,1-2H3. The van der Waals surface area contributed by atoms with E-state index in [1.807, 2.05) is 12.1 Å². The Morgan fingerprint density at radius 3 is 2.39 bits per heavy atom. The van der Waals surface area contributed by atoms with Crippen molar-refractivity contribution < 1.29 is 5.11 Å². The van der Waals surface area contributed by atoms with Gasteiger partial charge < -0.3 is 5.11 Å². The van der Waals surface area contributed by atoms with Gasteiger partial charge in [-0.25, -0.2) is 0 Å². The van der Waals surface area contributed by atoms with Crippen LogP contribution in [0.2, 0.25) is 5.02 Å². The lowest BCUT2D eigenvalue weighted by Crippen LogP contribution is -2.40. The van der Waals surface area contributed by atoms with Gasteiger partial charge in [0.15, 0.2) is 0 Å². The molecular weight excluding hydrogens is 246 g/mol. The number of halogens is 1. The van der Waals surface area contributed by atoms with Crippen molar-refractivity contribution in [2.75, 3.05) is 13.6 Å². The van der Waals surface area contributed by atoms with Gasteiger partial charge in [0.2, 0.25) is 0 Å². The number of nitrogens with zero attached hydrogens (tertiary/aromatic N) is 1. The van der Waals surface area contributed by atoms with E-state index in [4.69, 9.17) is 11.6 Å². The highest BCUT2D eigenvalue weighted by atomic mass is 35.5. The average molecular weight is 268 g/mol. The smallest absolute Gasteiger partial charge is 0.0774 e. The Hall–Kier alpha value is -0.570. The van der Waals surface area contributed by atoms with Gasteiger partial charge in [0.05, 0.1) is 5.60 Å². The predicted molar refractivity (Wildman–Crippen MR) is 75.9 cm³/mol. The first-order valence-corrected chi connectivity index (χ1v) is 7.06. The molecule has 0 saturated heterocycles. The topological polar surface area (TPSA) is 23.5 Å². The van der Waals surface area contributed by atoms with E-state index >= 15 is 0 Å². The van der Waals surface area contributed by atoms with E-state index in [0.29, 0.717) is 6.04 Å². The van der Waals surface area contributed by atoms with Gasteiger partial charge in [0, 0.05) is 17.6 Å². The molecule has 0 spiro atoms.